The first kappa shape index (κ1) is 11.0. The minimum atomic E-state index is 0.603. The molecule has 1 saturated carbocycles. The summed E-state index contributed by atoms with van der Waals surface area (Å²) in [7, 11) is 0. The first-order valence-corrected chi connectivity index (χ1v) is 7.11. The molecular weight excluding hydrogens is 196 g/mol. The Morgan fingerprint density at radius 2 is 2.06 bits per heavy atom. The lowest BCUT2D eigenvalue weighted by Gasteiger charge is -2.25. The van der Waals surface area contributed by atoms with Crippen LogP contribution in [0.1, 0.15) is 46.0 Å². The molecule has 2 nitrogen and oxygen atoms in total. The predicted molar refractivity (Wildman–Crippen MR) is 67.5 cm³/mol. The van der Waals surface area contributed by atoms with E-state index in [9.17, 15) is 0 Å². The van der Waals surface area contributed by atoms with Crippen LogP contribution in [0, 0.1) is 11.3 Å². The summed E-state index contributed by atoms with van der Waals surface area (Å²) in [5.74, 6) is 0.956. The summed E-state index contributed by atoms with van der Waals surface area (Å²) >= 11 is 0. The number of fused-ring (bicyclic) bond motifs is 1. The van der Waals surface area contributed by atoms with Crippen molar-refractivity contribution in [3.8, 4) is 0 Å². The van der Waals surface area contributed by atoms with Crippen molar-refractivity contribution in [2.24, 2.45) is 11.3 Å². The van der Waals surface area contributed by atoms with Crippen molar-refractivity contribution in [1.29, 1.82) is 0 Å². The Labute approximate surface area is 99.8 Å². The van der Waals surface area contributed by atoms with Crippen LogP contribution in [-0.4, -0.2) is 36.6 Å². The second-order valence-electron chi connectivity index (χ2n) is 6.98. The zero-order valence-electron chi connectivity index (χ0n) is 10.8. The van der Waals surface area contributed by atoms with Crippen LogP contribution in [0.25, 0.3) is 0 Å². The summed E-state index contributed by atoms with van der Waals surface area (Å²) < 4.78 is 0. The second-order valence-corrected chi connectivity index (χ2v) is 6.98. The lowest BCUT2D eigenvalue weighted by molar-refractivity contribution is 0.219. The molecule has 2 heterocycles. The molecule has 2 aliphatic heterocycles. The van der Waals surface area contributed by atoms with Crippen molar-refractivity contribution < 1.29 is 0 Å². The fourth-order valence-corrected chi connectivity index (χ4v) is 4.09. The molecule has 0 aromatic carbocycles. The van der Waals surface area contributed by atoms with Gasteiger partial charge in [0.25, 0.3) is 0 Å². The lowest BCUT2D eigenvalue weighted by Crippen LogP contribution is -2.41. The number of likely N-dealkylation sites (tertiary alicyclic amines) is 1. The Hall–Kier alpha value is -0.0800. The Morgan fingerprint density at radius 1 is 1.19 bits per heavy atom. The third-order valence-electron chi connectivity index (χ3n) is 5.09. The zero-order chi connectivity index (χ0) is 11.2. The van der Waals surface area contributed by atoms with Crippen LogP contribution in [-0.2, 0) is 0 Å². The third kappa shape index (κ3) is 2.02. The Kier molecular flexibility index (Phi) is 2.75. The highest BCUT2D eigenvalue weighted by Gasteiger charge is 2.41. The molecule has 0 aromatic heterocycles. The van der Waals surface area contributed by atoms with Gasteiger partial charge in [-0.2, -0.15) is 0 Å². The first-order chi connectivity index (χ1) is 7.64. The Morgan fingerprint density at radius 3 is 2.75 bits per heavy atom. The first-order valence-electron chi connectivity index (χ1n) is 7.11. The molecule has 0 amide bonds. The maximum absolute atomic E-state index is 3.71. The van der Waals surface area contributed by atoms with E-state index in [-0.39, 0.29) is 0 Å². The minimum Gasteiger partial charge on any atom is -0.312 e. The van der Waals surface area contributed by atoms with E-state index in [4.69, 9.17) is 0 Å². The standard InChI is InChI=1S/C14H26N2/c1-14(2)6-5-12(8-14)16-9-11-4-3-7-15-13(11)10-16/h11-13,15H,3-10H2,1-2H3. The summed E-state index contributed by atoms with van der Waals surface area (Å²) in [6, 6.07) is 1.71. The predicted octanol–water partition coefficient (Wildman–Crippen LogP) is 2.25. The van der Waals surface area contributed by atoms with E-state index in [2.05, 4.69) is 24.1 Å². The van der Waals surface area contributed by atoms with Gasteiger partial charge in [0.05, 0.1) is 0 Å². The highest BCUT2D eigenvalue weighted by Crippen LogP contribution is 2.41. The maximum Gasteiger partial charge on any atom is 0.0235 e. The summed E-state index contributed by atoms with van der Waals surface area (Å²) in [6.07, 6.45) is 7.14. The van der Waals surface area contributed by atoms with Gasteiger partial charge in [-0.1, -0.05) is 13.8 Å². The molecule has 3 atom stereocenters. The van der Waals surface area contributed by atoms with E-state index in [1.165, 1.54) is 51.7 Å². The average Bonchev–Trinajstić information content (AvgIpc) is 2.80. The van der Waals surface area contributed by atoms with Crippen molar-refractivity contribution in [1.82, 2.24) is 10.2 Å². The molecule has 0 aromatic rings. The van der Waals surface area contributed by atoms with Gasteiger partial charge in [0.15, 0.2) is 0 Å². The van der Waals surface area contributed by atoms with Crippen molar-refractivity contribution in [3.63, 3.8) is 0 Å². The van der Waals surface area contributed by atoms with Crippen LogP contribution < -0.4 is 5.32 Å². The van der Waals surface area contributed by atoms with Crippen LogP contribution in [0.2, 0.25) is 0 Å². The van der Waals surface area contributed by atoms with Gasteiger partial charge < -0.3 is 5.32 Å². The zero-order valence-corrected chi connectivity index (χ0v) is 10.8. The SMILES string of the molecule is CC1(C)CCC(N2CC3CCCNC3C2)C1. The fraction of sp³-hybridized carbons (Fsp3) is 1.00. The lowest BCUT2D eigenvalue weighted by atomic mass is 9.91. The molecule has 16 heavy (non-hydrogen) atoms. The van der Waals surface area contributed by atoms with Crippen molar-refractivity contribution >= 4 is 0 Å². The third-order valence-corrected chi connectivity index (χ3v) is 5.09. The van der Waals surface area contributed by atoms with Crippen LogP contribution in [0.3, 0.4) is 0 Å². The monoisotopic (exact) mass is 222 g/mol. The molecule has 1 aliphatic carbocycles. The molecule has 2 heteroatoms. The van der Waals surface area contributed by atoms with Crippen molar-refractivity contribution in [2.75, 3.05) is 19.6 Å². The number of hydrogen-bond donors (Lipinski definition) is 1. The number of piperidine rings is 1. The van der Waals surface area contributed by atoms with Gasteiger partial charge in [0.2, 0.25) is 0 Å². The van der Waals surface area contributed by atoms with Crippen LogP contribution in [0.5, 0.6) is 0 Å². The van der Waals surface area contributed by atoms with Gasteiger partial charge in [0, 0.05) is 25.2 Å². The molecule has 1 N–H and O–H groups in total. The number of hydrogen-bond acceptors (Lipinski definition) is 2. The summed E-state index contributed by atoms with van der Waals surface area (Å²) in [5.41, 5.74) is 0.603. The fourth-order valence-electron chi connectivity index (χ4n) is 4.09. The highest BCUT2D eigenvalue weighted by atomic mass is 15.2. The van der Waals surface area contributed by atoms with Crippen LogP contribution in [0.4, 0.5) is 0 Å². The van der Waals surface area contributed by atoms with Gasteiger partial charge in [-0.05, 0) is 50.0 Å². The molecule has 2 saturated heterocycles. The van der Waals surface area contributed by atoms with Gasteiger partial charge in [-0.15, -0.1) is 0 Å². The van der Waals surface area contributed by atoms with Gasteiger partial charge in [-0.25, -0.2) is 0 Å². The molecule has 0 spiro atoms. The maximum atomic E-state index is 3.71. The topological polar surface area (TPSA) is 15.3 Å². The van der Waals surface area contributed by atoms with E-state index in [0.717, 1.165) is 18.0 Å². The molecule has 3 fully saturated rings. The van der Waals surface area contributed by atoms with E-state index >= 15 is 0 Å². The largest absolute Gasteiger partial charge is 0.312 e. The molecule has 3 unspecified atom stereocenters. The van der Waals surface area contributed by atoms with Gasteiger partial charge in [0.1, 0.15) is 0 Å². The second kappa shape index (κ2) is 3.99. The summed E-state index contributed by atoms with van der Waals surface area (Å²) in [6.45, 7) is 8.83. The number of nitrogens with zero attached hydrogens (tertiary/aromatic N) is 1. The van der Waals surface area contributed by atoms with Crippen LogP contribution >= 0.6 is 0 Å². The smallest absolute Gasteiger partial charge is 0.0235 e. The van der Waals surface area contributed by atoms with Crippen molar-refractivity contribution in [3.05, 3.63) is 0 Å². The molecular formula is C14H26N2. The van der Waals surface area contributed by atoms with Crippen LogP contribution in [0.15, 0.2) is 0 Å². The van der Waals surface area contributed by atoms with E-state index in [1.54, 1.807) is 0 Å². The molecule has 0 bridgehead atoms. The summed E-state index contributed by atoms with van der Waals surface area (Å²) in [4.78, 5) is 2.79. The van der Waals surface area contributed by atoms with E-state index in [1.807, 2.05) is 0 Å². The Bertz CT molecular complexity index is 247. The van der Waals surface area contributed by atoms with E-state index in [0.29, 0.717) is 5.41 Å². The Balaban J connectivity index is 1.61. The number of rotatable bonds is 1. The molecule has 0 radical (unpaired) electrons. The van der Waals surface area contributed by atoms with Gasteiger partial charge >= 0.3 is 0 Å². The number of nitrogens with one attached hydrogen (secondary N) is 1. The van der Waals surface area contributed by atoms with Crippen molar-refractivity contribution in [2.45, 2.75) is 58.0 Å². The van der Waals surface area contributed by atoms with Gasteiger partial charge in [-0.3, -0.25) is 4.90 Å². The average molecular weight is 222 g/mol. The quantitative estimate of drug-likeness (QED) is 0.732. The molecule has 92 valence electrons. The highest BCUT2D eigenvalue weighted by molar-refractivity contribution is 4.97. The molecule has 3 rings (SSSR count). The summed E-state index contributed by atoms with van der Waals surface area (Å²) in [5, 5.41) is 3.71. The molecule has 3 aliphatic rings. The normalized spacial score (nSPS) is 43.5. The minimum absolute atomic E-state index is 0.603. The van der Waals surface area contributed by atoms with E-state index < -0.39 is 0 Å².